The number of H-pyrrole nitrogens is 1. The summed E-state index contributed by atoms with van der Waals surface area (Å²) in [5.41, 5.74) is 9.12. The quantitative estimate of drug-likeness (QED) is 0.318. The van der Waals surface area contributed by atoms with Crippen molar-refractivity contribution in [2.75, 3.05) is 31.1 Å². The summed E-state index contributed by atoms with van der Waals surface area (Å²) in [5, 5.41) is 0. The fourth-order valence-corrected chi connectivity index (χ4v) is 5.34. The summed E-state index contributed by atoms with van der Waals surface area (Å²) >= 11 is 0. The molecule has 6 nitrogen and oxygen atoms in total. The number of rotatable bonds is 4. The van der Waals surface area contributed by atoms with Gasteiger partial charge in [0.15, 0.2) is 0 Å². The molecular weight excluding hydrogens is 456 g/mol. The topological polar surface area (TPSA) is 60.9 Å². The number of nitrogens with zero attached hydrogens (tertiary/aromatic N) is 5. The molecule has 3 heterocycles. The number of fused-ring (bicyclic) bond motifs is 2. The highest BCUT2D eigenvalue weighted by molar-refractivity contribution is 5.91. The monoisotopic (exact) mass is 490 g/mol. The Morgan fingerprint density at radius 1 is 0.838 bits per heavy atom. The Balaban J connectivity index is 1.19. The van der Waals surface area contributed by atoms with Gasteiger partial charge in [0.2, 0.25) is 0 Å². The number of anilines is 1. The van der Waals surface area contributed by atoms with E-state index in [1.54, 1.807) is 12.4 Å². The number of aromatic nitrogens is 4. The molecular formula is C31H34N6. The van der Waals surface area contributed by atoms with Gasteiger partial charge in [-0.3, -0.25) is 14.9 Å². The first kappa shape index (κ1) is 23.6. The molecule has 1 fully saturated rings. The van der Waals surface area contributed by atoms with E-state index in [2.05, 4.69) is 113 Å². The molecule has 3 aromatic carbocycles. The van der Waals surface area contributed by atoms with Crippen LogP contribution in [0.15, 0.2) is 73.1 Å². The predicted molar refractivity (Wildman–Crippen MR) is 152 cm³/mol. The highest BCUT2D eigenvalue weighted by atomic mass is 15.3. The number of hydrogen-bond donors (Lipinski definition) is 1. The van der Waals surface area contributed by atoms with Crippen LogP contribution < -0.4 is 4.90 Å². The first-order chi connectivity index (χ1) is 17.9. The third-order valence-corrected chi connectivity index (χ3v) is 7.69. The van der Waals surface area contributed by atoms with E-state index in [1.807, 2.05) is 0 Å². The number of imidazole rings is 1. The Morgan fingerprint density at radius 3 is 2.30 bits per heavy atom. The van der Waals surface area contributed by atoms with Crippen LogP contribution >= 0.6 is 0 Å². The number of hydrogen-bond acceptors (Lipinski definition) is 5. The second kappa shape index (κ2) is 9.27. The van der Waals surface area contributed by atoms with E-state index in [0.29, 0.717) is 6.04 Å². The maximum atomic E-state index is 5.06. The summed E-state index contributed by atoms with van der Waals surface area (Å²) in [6.07, 6.45) is 3.51. The van der Waals surface area contributed by atoms with Gasteiger partial charge in [0, 0.05) is 50.2 Å². The van der Waals surface area contributed by atoms with Gasteiger partial charge in [-0.2, -0.15) is 0 Å². The van der Waals surface area contributed by atoms with Crippen LogP contribution in [0.1, 0.15) is 44.9 Å². The van der Waals surface area contributed by atoms with Crippen LogP contribution in [0.25, 0.3) is 33.5 Å². The predicted octanol–water partition coefficient (Wildman–Crippen LogP) is 6.35. The number of aromatic amines is 1. The summed E-state index contributed by atoms with van der Waals surface area (Å²) in [6.45, 7) is 13.0. The first-order valence-electron chi connectivity index (χ1n) is 13.2. The van der Waals surface area contributed by atoms with Gasteiger partial charge in [0.05, 0.1) is 22.2 Å². The minimum absolute atomic E-state index is 0.140. The molecule has 0 amide bonds. The largest absolute Gasteiger partial charge is 0.367 e. The highest BCUT2D eigenvalue weighted by Gasteiger charge is 2.24. The van der Waals surface area contributed by atoms with Crippen molar-refractivity contribution in [2.24, 2.45) is 0 Å². The molecule has 1 N–H and O–H groups in total. The number of para-hydroxylation sites is 1. The molecule has 0 aliphatic carbocycles. The van der Waals surface area contributed by atoms with Crippen molar-refractivity contribution in [1.29, 1.82) is 0 Å². The summed E-state index contributed by atoms with van der Waals surface area (Å²) < 4.78 is 0. The van der Waals surface area contributed by atoms with Crippen LogP contribution in [-0.4, -0.2) is 51.0 Å². The van der Waals surface area contributed by atoms with Gasteiger partial charge in [-0.05, 0) is 47.7 Å². The molecule has 37 heavy (non-hydrogen) atoms. The van der Waals surface area contributed by atoms with Gasteiger partial charge in [-0.15, -0.1) is 0 Å². The molecule has 0 bridgehead atoms. The molecule has 6 rings (SSSR count). The third-order valence-electron chi connectivity index (χ3n) is 7.69. The molecule has 5 aromatic rings. The van der Waals surface area contributed by atoms with Gasteiger partial charge in [0.25, 0.3) is 0 Å². The second-order valence-electron chi connectivity index (χ2n) is 11.1. The van der Waals surface area contributed by atoms with Crippen molar-refractivity contribution in [3.05, 3.63) is 84.2 Å². The maximum absolute atomic E-state index is 5.06. The zero-order chi connectivity index (χ0) is 25.6. The Hall–Kier alpha value is -3.77. The summed E-state index contributed by atoms with van der Waals surface area (Å²) in [6, 6.07) is 22.0. The minimum Gasteiger partial charge on any atom is -0.367 e. The minimum atomic E-state index is 0.140. The van der Waals surface area contributed by atoms with E-state index >= 15 is 0 Å². The lowest BCUT2D eigenvalue weighted by molar-refractivity contribution is 0.199. The number of nitrogens with one attached hydrogen (secondary N) is 1. The van der Waals surface area contributed by atoms with Gasteiger partial charge in [-0.25, -0.2) is 4.98 Å². The van der Waals surface area contributed by atoms with E-state index < -0.39 is 0 Å². The van der Waals surface area contributed by atoms with Crippen molar-refractivity contribution in [2.45, 2.75) is 39.2 Å². The number of benzene rings is 3. The zero-order valence-electron chi connectivity index (χ0n) is 22.1. The van der Waals surface area contributed by atoms with Gasteiger partial charge in [0.1, 0.15) is 11.3 Å². The summed E-state index contributed by atoms with van der Waals surface area (Å²) in [7, 11) is 0. The molecule has 6 heteroatoms. The van der Waals surface area contributed by atoms with Crippen molar-refractivity contribution in [3.8, 4) is 11.4 Å². The Labute approximate surface area is 218 Å². The standard InChI is InChI=1S/C31H34N6/c1-21(23-10-13-25-27(20-23)33-15-14-32-25)36-16-18-37(19-17-36)28-7-5-6-26-29(28)35-30(34-26)22-8-11-24(12-9-22)31(2,3)4/h5-15,20-21H,16-19H2,1-4H3,(H,34,35). The van der Waals surface area contributed by atoms with E-state index in [9.17, 15) is 0 Å². The van der Waals surface area contributed by atoms with Crippen LogP contribution in [0.3, 0.4) is 0 Å². The van der Waals surface area contributed by atoms with Crippen molar-refractivity contribution < 1.29 is 0 Å². The average molecular weight is 491 g/mol. The lowest BCUT2D eigenvalue weighted by Gasteiger charge is -2.39. The lowest BCUT2D eigenvalue weighted by Crippen LogP contribution is -2.47. The van der Waals surface area contributed by atoms with Crippen LogP contribution in [0.4, 0.5) is 5.69 Å². The van der Waals surface area contributed by atoms with Crippen molar-refractivity contribution in [3.63, 3.8) is 0 Å². The fraction of sp³-hybridized carbons (Fsp3) is 0.323. The van der Waals surface area contributed by atoms with E-state index in [0.717, 1.165) is 59.6 Å². The summed E-state index contributed by atoms with van der Waals surface area (Å²) in [5.74, 6) is 0.926. The smallest absolute Gasteiger partial charge is 0.138 e. The SMILES string of the molecule is CC(c1ccc2nccnc2c1)N1CCN(c2cccc3[nH]c(-c4ccc(C(C)(C)C)cc4)nc23)CC1. The van der Waals surface area contributed by atoms with E-state index in [-0.39, 0.29) is 5.41 Å². The first-order valence-corrected chi connectivity index (χ1v) is 13.2. The van der Waals surface area contributed by atoms with E-state index in [4.69, 9.17) is 4.98 Å². The van der Waals surface area contributed by atoms with Crippen LogP contribution in [0.5, 0.6) is 0 Å². The van der Waals surface area contributed by atoms with Crippen LogP contribution in [0.2, 0.25) is 0 Å². The Bertz CT molecular complexity index is 1540. The normalized spacial score (nSPS) is 15.9. The molecule has 1 aliphatic heterocycles. The lowest BCUT2D eigenvalue weighted by atomic mass is 9.87. The average Bonchev–Trinajstić information content (AvgIpc) is 3.37. The third kappa shape index (κ3) is 4.58. The Morgan fingerprint density at radius 2 is 1.57 bits per heavy atom. The van der Waals surface area contributed by atoms with E-state index in [1.165, 1.54) is 16.8 Å². The zero-order valence-corrected chi connectivity index (χ0v) is 22.1. The van der Waals surface area contributed by atoms with Crippen molar-refractivity contribution in [1.82, 2.24) is 24.8 Å². The fourth-order valence-electron chi connectivity index (χ4n) is 5.34. The summed E-state index contributed by atoms with van der Waals surface area (Å²) in [4.78, 5) is 22.5. The highest BCUT2D eigenvalue weighted by Crippen LogP contribution is 2.32. The molecule has 1 atom stereocenters. The van der Waals surface area contributed by atoms with Crippen LogP contribution in [0, 0.1) is 0 Å². The molecule has 188 valence electrons. The molecule has 1 unspecified atom stereocenters. The number of piperazine rings is 1. The maximum Gasteiger partial charge on any atom is 0.138 e. The van der Waals surface area contributed by atoms with Gasteiger partial charge < -0.3 is 9.88 Å². The molecule has 0 radical (unpaired) electrons. The molecule has 0 spiro atoms. The molecule has 0 saturated carbocycles. The van der Waals surface area contributed by atoms with Crippen molar-refractivity contribution >= 4 is 27.8 Å². The Kier molecular flexibility index (Phi) is 5.92. The molecule has 1 saturated heterocycles. The van der Waals surface area contributed by atoms with Crippen LogP contribution in [-0.2, 0) is 5.41 Å². The second-order valence-corrected chi connectivity index (χ2v) is 11.1. The molecule has 1 aliphatic rings. The van der Waals surface area contributed by atoms with Gasteiger partial charge in [-0.1, -0.05) is 57.2 Å². The molecule has 2 aromatic heterocycles. The van der Waals surface area contributed by atoms with Gasteiger partial charge >= 0.3 is 0 Å².